The topological polar surface area (TPSA) is 38.4 Å². The number of hydrogen-bond donors (Lipinski definition) is 0. The maximum Gasteiger partial charge on any atom is 0.421 e. The van der Waals surface area contributed by atoms with Crippen LogP contribution in [0.5, 0.6) is 0 Å². The van der Waals surface area contributed by atoms with E-state index < -0.39 is 0 Å². The molecule has 5 rings (SSSR count). The molecule has 1 aliphatic heterocycles. The molecule has 3 aromatic heterocycles. The zero-order valence-electron chi connectivity index (χ0n) is 13.4. The molecule has 4 heterocycles. The highest BCUT2D eigenvalue weighted by Crippen LogP contribution is 2.39. The lowest BCUT2D eigenvalue weighted by atomic mass is 9.99. The maximum absolute atomic E-state index is 12.4. The Balaban J connectivity index is 1.59. The van der Waals surface area contributed by atoms with Gasteiger partial charge in [0.25, 0.3) is 0 Å². The molecular weight excluding hydrogens is 352 g/mol. The molecule has 126 valence electrons. The second-order valence-corrected chi connectivity index (χ2v) is 8.16. The van der Waals surface area contributed by atoms with E-state index in [1.807, 2.05) is 35.6 Å². The number of thiophene rings is 2. The van der Waals surface area contributed by atoms with E-state index >= 15 is 0 Å². The normalized spacial score (nSPS) is 17.8. The number of fused-ring (bicyclic) bond motifs is 2. The highest BCUT2D eigenvalue weighted by molar-refractivity contribution is 7.10. The predicted molar refractivity (Wildman–Crippen MR) is 101 cm³/mol. The van der Waals surface area contributed by atoms with E-state index in [2.05, 4.69) is 33.9 Å². The van der Waals surface area contributed by atoms with Crippen molar-refractivity contribution in [1.29, 1.82) is 0 Å². The molecule has 0 unspecified atom stereocenters. The van der Waals surface area contributed by atoms with E-state index in [1.54, 1.807) is 15.9 Å². The van der Waals surface area contributed by atoms with Gasteiger partial charge in [-0.05, 0) is 47.0 Å². The van der Waals surface area contributed by atoms with Gasteiger partial charge >= 0.3 is 5.76 Å². The van der Waals surface area contributed by atoms with Gasteiger partial charge in [-0.1, -0.05) is 18.2 Å². The van der Waals surface area contributed by atoms with Crippen LogP contribution >= 0.6 is 22.7 Å². The van der Waals surface area contributed by atoms with Gasteiger partial charge in [-0.3, -0.25) is 9.47 Å². The summed E-state index contributed by atoms with van der Waals surface area (Å²) in [6, 6.07) is 14.3. The molecule has 0 saturated heterocycles. The zero-order chi connectivity index (χ0) is 16.8. The first-order valence-corrected chi connectivity index (χ1v) is 9.99. The van der Waals surface area contributed by atoms with Crippen LogP contribution in [0.25, 0.3) is 11.1 Å². The second-order valence-electron chi connectivity index (χ2n) is 6.18. The molecule has 6 heteroatoms. The highest BCUT2D eigenvalue weighted by atomic mass is 32.1. The Morgan fingerprint density at radius 1 is 1.08 bits per heavy atom. The largest absolute Gasteiger partial charge is 0.421 e. The highest BCUT2D eigenvalue weighted by Gasteiger charge is 2.31. The SMILES string of the molecule is O=c1oc2ccccc2n1CN1CCc2sccc2[C@H]1c1cccs1. The van der Waals surface area contributed by atoms with Gasteiger partial charge in [0.15, 0.2) is 5.58 Å². The summed E-state index contributed by atoms with van der Waals surface area (Å²) < 4.78 is 7.15. The van der Waals surface area contributed by atoms with Crippen LogP contribution in [-0.2, 0) is 13.1 Å². The molecule has 1 atom stereocenters. The van der Waals surface area contributed by atoms with Gasteiger partial charge in [0.05, 0.1) is 18.2 Å². The summed E-state index contributed by atoms with van der Waals surface area (Å²) >= 11 is 3.61. The van der Waals surface area contributed by atoms with E-state index in [4.69, 9.17) is 4.42 Å². The Bertz CT molecular complexity index is 1070. The smallest absolute Gasteiger partial charge is 0.408 e. The van der Waals surface area contributed by atoms with Gasteiger partial charge in [-0.15, -0.1) is 22.7 Å². The molecule has 25 heavy (non-hydrogen) atoms. The van der Waals surface area contributed by atoms with Crippen LogP contribution in [-0.4, -0.2) is 16.0 Å². The molecule has 0 N–H and O–H groups in total. The van der Waals surface area contributed by atoms with Gasteiger partial charge in [0.2, 0.25) is 0 Å². The summed E-state index contributed by atoms with van der Waals surface area (Å²) in [7, 11) is 0. The monoisotopic (exact) mass is 368 g/mol. The Hall–Kier alpha value is -2.15. The first-order valence-electron chi connectivity index (χ1n) is 8.23. The molecule has 0 aliphatic carbocycles. The number of para-hydroxylation sites is 2. The average Bonchev–Trinajstić information content (AvgIpc) is 3.35. The van der Waals surface area contributed by atoms with E-state index in [0.717, 1.165) is 18.5 Å². The van der Waals surface area contributed by atoms with Crippen molar-refractivity contribution in [2.24, 2.45) is 0 Å². The molecule has 1 aliphatic rings. The van der Waals surface area contributed by atoms with Crippen LogP contribution in [0.15, 0.2) is 62.4 Å². The summed E-state index contributed by atoms with van der Waals surface area (Å²) in [6.07, 6.45) is 1.03. The molecule has 0 amide bonds. The molecular formula is C19H16N2O2S2. The molecule has 0 bridgehead atoms. The van der Waals surface area contributed by atoms with Gasteiger partial charge in [0, 0.05) is 16.3 Å². The molecule has 1 aromatic carbocycles. The Morgan fingerprint density at radius 2 is 2.00 bits per heavy atom. The van der Waals surface area contributed by atoms with Crippen molar-refractivity contribution in [3.8, 4) is 0 Å². The minimum absolute atomic E-state index is 0.204. The first kappa shape index (κ1) is 15.1. The summed E-state index contributed by atoms with van der Waals surface area (Å²) in [5.74, 6) is -0.290. The van der Waals surface area contributed by atoms with Crippen LogP contribution in [0.1, 0.15) is 21.4 Å². The maximum atomic E-state index is 12.4. The van der Waals surface area contributed by atoms with Crippen LogP contribution in [0.3, 0.4) is 0 Å². The van der Waals surface area contributed by atoms with Crippen LogP contribution in [0.4, 0.5) is 0 Å². The van der Waals surface area contributed by atoms with E-state index in [9.17, 15) is 4.79 Å². The van der Waals surface area contributed by atoms with Crippen LogP contribution in [0.2, 0.25) is 0 Å². The Morgan fingerprint density at radius 3 is 2.88 bits per heavy atom. The Labute approximate surface area is 152 Å². The van der Waals surface area contributed by atoms with Gasteiger partial charge in [-0.2, -0.15) is 0 Å². The zero-order valence-corrected chi connectivity index (χ0v) is 15.1. The number of rotatable bonds is 3. The van der Waals surface area contributed by atoms with Gasteiger partial charge < -0.3 is 4.42 Å². The predicted octanol–water partition coefficient (Wildman–Crippen LogP) is 4.32. The van der Waals surface area contributed by atoms with Crippen molar-refractivity contribution in [2.45, 2.75) is 19.1 Å². The van der Waals surface area contributed by atoms with Crippen molar-refractivity contribution < 1.29 is 4.42 Å². The third kappa shape index (κ3) is 2.49. The minimum atomic E-state index is -0.290. The molecule has 4 aromatic rings. The lowest BCUT2D eigenvalue weighted by molar-refractivity contribution is 0.165. The first-order chi connectivity index (χ1) is 12.3. The second kappa shape index (κ2) is 5.98. The van der Waals surface area contributed by atoms with Crippen molar-refractivity contribution in [1.82, 2.24) is 9.47 Å². The van der Waals surface area contributed by atoms with E-state index in [1.165, 1.54) is 15.3 Å². The van der Waals surface area contributed by atoms with E-state index in [-0.39, 0.29) is 11.8 Å². The molecule has 0 saturated carbocycles. The number of aromatic nitrogens is 1. The van der Waals surface area contributed by atoms with Crippen molar-refractivity contribution >= 4 is 33.8 Å². The Kier molecular flexibility index (Phi) is 3.62. The molecule has 0 fully saturated rings. The third-order valence-corrected chi connectivity index (χ3v) is 6.70. The van der Waals surface area contributed by atoms with Gasteiger partial charge in [0.1, 0.15) is 0 Å². The fourth-order valence-electron chi connectivity index (χ4n) is 3.63. The number of hydrogen-bond acceptors (Lipinski definition) is 5. The molecule has 0 radical (unpaired) electrons. The quantitative estimate of drug-likeness (QED) is 0.540. The van der Waals surface area contributed by atoms with Crippen molar-refractivity contribution in [3.05, 3.63) is 79.1 Å². The average molecular weight is 368 g/mol. The van der Waals surface area contributed by atoms with Crippen molar-refractivity contribution in [3.63, 3.8) is 0 Å². The summed E-state index contributed by atoms with van der Waals surface area (Å²) in [5, 5.41) is 4.29. The van der Waals surface area contributed by atoms with Crippen LogP contribution in [0, 0.1) is 0 Å². The number of oxazole rings is 1. The lowest BCUT2D eigenvalue weighted by Gasteiger charge is -2.35. The fraction of sp³-hybridized carbons (Fsp3) is 0.211. The number of benzene rings is 1. The molecule has 4 nitrogen and oxygen atoms in total. The fourth-order valence-corrected chi connectivity index (χ4v) is 5.41. The summed E-state index contributed by atoms with van der Waals surface area (Å²) in [4.78, 5) is 17.5. The van der Waals surface area contributed by atoms with E-state index in [0.29, 0.717) is 12.3 Å². The summed E-state index contributed by atoms with van der Waals surface area (Å²) in [5.41, 5.74) is 2.88. The minimum Gasteiger partial charge on any atom is -0.408 e. The summed E-state index contributed by atoms with van der Waals surface area (Å²) in [6.45, 7) is 1.47. The molecule has 0 spiro atoms. The van der Waals surface area contributed by atoms with Gasteiger partial charge in [-0.25, -0.2) is 4.79 Å². The standard InChI is InChI=1S/C19H16N2O2S2/c22-19-21(14-4-1-2-5-15(14)23-19)12-20-9-7-16-13(8-11-25-16)18(20)17-6-3-10-24-17/h1-6,8,10-11,18H,7,9,12H2/t18-/m0/s1. The van der Waals surface area contributed by atoms with Crippen LogP contribution < -0.4 is 5.76 Å². The third-order valence-electron chi connectivity index (χ3n) is 4.78. The van der Waals surface area contributed by atoms with Crippen molar-refractivity contribution in [2.75, 3.05) is 6.54 Å². The lowest BCUT2D eigenvalue weighted by Crippen LogP contribution is -2.38. The number of nitrogens with zero attached hydrogens (tertiary/aromatic N) is 2.